The van der Waals surface area contributed by atoms with Crippen LogP contribution in [0.15, 0.2) is 84.9 Å². The van der Waals surface area contributed by atoms with Crippen molar-refractivity contribution in [3.05, 3.63) is 139 Å². The zero-order valence-electron chi connectivity index (χ0n) is 18.9. The molecule has 2 bridgehead atoms. The Morgan fingerprint density at radius 3 is 1.51 bits per heavy atom. The molecule has 0 nitrogen and oxygen atoms in total. The Morgan fingerprint density at radius 1 is 0.600 bits per heavy atom. The van der Waals surface area contributed by atoms with Crippen LogP contribution in [0.2, 0.25) is 10.0 Å². The van der Waals surface area contributed by atoms with Crippen molar-refractivity contribution >= 4 is 23.2 Å². The molecule has 0 atom stereocenters. The fraction of sp³-hybridized carbons (Fsp3) is 0.0909. The normalized spacial score (nSPS) is 20.2. The lowest BCUT2D eigenvalue weighted by Gasteiger charge is -2.52. The maximum absolute atomic E-state index is 6.42. The Hall–Kier alpha value is -3.86. The SMILES string of the molecule is C#CC12c3ccccc3C(C#CC#Cc3ccc(C)c(Cl)c3Cl)(c3ccccc31)c1ccccc12. The summed E-state index contributed by atoms with van der Waals surface area (Å²) in [5.74, 6) is 16.1. The molecule has 0 spiro atoms. The minimum atomic E-state index is -0.675. The van der Waals surface area contributed by atoms with Gasteiger partial charge in [-0.3, -0.25) is 0 Å². The van der Waals surface area contributed by atoms with Gasteiger partial charge in [0, 0.05) is 5.56 Å². The number of terminal acetylenes is 1. The third kappa shape index (κ3) is 2.75. The second-order valence-corrected chi connectivity index (χ2v) is 9.60. The molecule has 3 aliphatic carbocycles. The topological polar surface area (TPSA) is 0 Å². The van der Waals surface area contributed by atoms with Crippen molar-refractivity contribution in [3.8, 4) is 36.0 Å². The van der Waals surface area contributed by atoms with E-state index < -0.39 is 10.8 Å². The van der Waals surface area contributed by atoms with E-state index in [1.165, 1.54) is 0 Å². The van der Waals surface area contributed by atoms with Gasteiger partial charge in [-0.2, -0.15) is 0 Å². The van der Waals surface area contributed by atoms with Crippen LogP contribution in [0.5, 0.6) is 0 Å². The summed E-state index contributed by atoms with van der Waals surface area (Å²) < 4.78 is 0. The molecule has 35 heavy (non-hydrogen) atoms. The Morgan fingerprint density at radius 2 is 1.06 bits per heavy atom. The predicted octanol–water partition coefficient (Wildman–Crippen LogP) is 7.29. The number of benzene rings is 4. The van der Waals surface area contributed by atoms with E-state index in [0.717, 1.165) is 38.9 Å². The lowest BCUT2D eigenvalue weighted by Crippen LogP contribution is -2.49. The van der Waals surface area contributed by atoms with E-state index in [0.29, 0.717) is 15.6 Å². The Bertz CT molecular complexity index is 1590. The predicted molar refractivity (Wildman–Crippen MR) is 144 cm³/mol. The molecule has 0 fully saturated rings. The van der Waals surface area contributed by atoms with Gasteiger partial charge >= 0.3 is 0 Å². The fourth-order valence-corrected chi connectivity index (χ4v) is 6.11. The van der Waals surface area contributed by atoms with Gasteiger partial charge in [0.2, 0.25) is 0 Å². The van der Waals surface area contributed by atoms with E-state index in [2.05, 4.69) is 84.2 Å². The van der Waals surface area contributed by atoms with Gasteiger partial charge in [0.15, 0.2) is 0 Å². The molecule has 0 unspecified atom stereocenters. The first-order valence-electron chi connectivity index (χ1n) is 11.3. The maximum atomic E-state index is 6.42. The molecule has 3 aliphatic rings. The zero-order chi connectivity index (χ0) is 24.2. The molecule has 0 saturated heterocycles. The van der Waals surface area contributed by atoms with Gasteiger partial charge in [-0.15, -0.1) is 6.42 Å². The van der Waals surface area contributed by atoms with Crippen LogP contribution >= 0.6 is 23.2 Å². The molecular weight excluding hydrogens is 467 g/mol. The first-order chi connectivity index (χ1) is 17.1. The standard InChI is InChI=1S/C33H18Cl2/c1-3-32-24-13-4-7-16-27(24)33(28-17-8-5-14-25(28)32,29-18-9-6-15-26(29)32)21-11-10-12-23-20-19-22(2)30(34)31(23)35/h1,4-9,13-20H,2H3. The number of halogens is 2. The summed E-state index contributed by atoms with van der Waals surface area (Å²) in [6, 6.07) is 28.9. The van der Waals surface area contributed by atoms with Crippen LogP contribution in [-0.2, 0) is 10.8 Å². The number of hydrogen-bond acceptors (Lipinski definition) is 0. The average Bonchev–Trinajstić information content (AvgIpc) is 2.91. The van der Waals surface area contributed by atoms with E-state index in [-0.39, 0.29) is 0 Å². The number of aryl methyl sites for hydroxylation is 1. The van der Waals surface area contributed by atoms with Crippen molar-refractivity contribution in [2.24, 2.45) is 0 Å². The summed E-state index contributed by atoms with van der Waals surface area (Å²) in [6.45, 7) is 1.92. The fourth-order valence-electron chi connectivity index (χ4n) is 5.68. The summed E-state index contributed by atoms with van der Waals surface area (Å²) in [5, 5.41) is 0.973. The molecule has 4 aromatic rings. The highest BCUT2D eigenvalue weighted by atomic mass is 35.5. The van der Waals surface area contributed by atoms with Gasteiger partial charge in [-0.25, -0.2) is 0 Å². The van der Waals surface area contributed by atoms with Crippen LogP contribution < -0.4 is 0 Å². The summed E-state index contributed by atoms with van der Waals surface area (Å²) in [5.41, 5.74) is 6.91. The van der Waals surface area contributed by atoms with Crippen LogP contribution in [0.25, 0.3) is 0 Å². The third-order valence-electron chi connectivity index (χ3n) is 7.21. The highest BCUT2D eigenvalue weighted by Gasteiger charge is 2.57. The van der Waals surface area contributed by atoms with Crippen LogP contribution in [-0.4, -0.2) is 0 Å². The van der Waals surface area contributed by atoms with Crippen molar-refractivity contribution in [3.63, 3.8) is 0 Å². The van der Waals surface area contributed by atoms with E-state index in [1.807, 2.05) is 37.3 Å². The highest BCUT2D eigenvalue weighted by Crippen LogP contribution is 2.61. The molecule has 0 amide bonds. The Balaban J connectivity index is 1.64. The van der Waals surface area contributed by atoms with Crippen molar-refractivity contribution in [2.45, 2.75) is 17.8 Å². The van der Waals surface area contributed by atoms with Crippen molar-refractivity contribution in [1.29, 1.82) is 0 Å². The molecule has 0 N–H and O–H groups in total. The van der Waals surface area contributed by atoms with E-state index >= 15 is 0 Å². The summed E-state index contributed by atoms with van der Waals surface area (Å²) in [4.78, 5) is 0. The lowest BCUT2D eigenvalue weighted by atomic mass is 9.47. The zero-order valence-corrected chi connectivity index (χ0v) is 20.4. The van der Waals surface area contributed by atoms with Crippen molar-refractivity contribution in [2.75, 3.05) is 0 Å². The minimum absolute atomic E-state index is 0.453. The van der Waals surface area contributed by atoms with Gasteiger partial charge in [-0.05, 0) is 63.8 Å². The maximum Gasteiger partial charge on any atom is 0.108 e. The second-order valence-electron chi connectivity index (χ2n) is 8.84. The van der Waals surface area contributed by atoms with E-state index in [1.54, 1.807) is 0 Å². The van der Waals surface area contributed by atoms with Gasteiger partial charge in [0.05, 0.1) is 10.0 Å². The number of hydrogen-bond donors (Lipinski definition) is 0. The molecule has 4 aromatic carbocycles. The smallest absolute Gasteiger partial charge is 0.108 e. The summed E-state index contributed by atoms with van der Waals surface area (Å²) in [7, 11) is 0. The second kappa shape index (κ2) is 7.84. The highest BCUT2D eigenvalue weighted by molar-refractivity contribution is 6.43. The molecule has 0 heterocycles. The number of rotatable bonds is 0. The Kier molecular flexibility index (Phi) is 4.85. The molecular formula is C33H18Cl2. The minimum Gasteiger partial charge on any atom is -0.118 e. The van der Waals surface area contributed by atoms with E-state index in [9.17, 15) is 0 Å². The third-order valence-corrected chi connectivity index (χ3v) is 8.18. The molecule has 0 radical (unpaired) electrons. The quantitative estimate of drug-likeness (QED) is 0.230. The molecule has 7 rings (SSSR count). The van der Waals surface area contributed by atoms with Crippen LogP contribution in [0.3, 0.4) is 0 Å². The molecule has 2 heteroatoms. The van der Waals surface area contributed by atoms with Gasteiger partial charge < -0.3 is 0 Å². The van der Waals surface area contributed by atoms with Crippen LogP contribution in [0.1, 0.15) is 44.5 Å². The van der Waals surface area contributed by atoms with Crippen LogP contribution in [0.4, 0.5) is 0 Å². The lowest BCUT2D eigenvalue weighted by molar-refractivity contribution is 0.606. The molecule has 0 aromatic heterocycles. The first-order valence-corrected chi connectivity index (χ1v) is 12.1. The van der Waals surface area contributed by atoms with Crippen molar-refractivity contribution < 1.29 is 0 Å². The molecule has 164 valence electrons. The van der Waals surface area contributed by atoms with E-state index in [4.69, 9.17) is 29.6 Å². The van der Waals surface area contributed by atoms with Crippen LogP contribution in [0, 0.1) is 42.9 Å². The summed E-state index contributed by atoms with van der Waals surface area (Å²) >= 11 is 12.7. The monoisotopic (exact) mass is 484 g/mol. The average molecular weight is 485 g/mol. The van der Waals surface area contributed by atoms with Crippen molar-refractivity contribution in [1.82, 2.24) is 0 Å². The van der Waals surface area contributed by atoms with Gasteiger partial charge in [0.25, 0.3) is 0 Å². The largest absolute Gasteiger partial charge is 0.118 e. The Labute approximate surface area is 215 Å². The first kappa shape index (κ1) is 21.7. The summed E-state index contributed by atoms with van der Waals surface area (Å²) in [6.07, 6.45) is 6.35. The van der Waals surface area contributed by atoms with Gasteiger partial charge in [0.1, 0.15) is 10.8 Å². The molecule has 0 aliphatic heterocycles. The van der Waals surface area contributed by atoms with Gasteiger partial charge in [-0.1, -0.05) is 120 Å². The molecule has 0 saturated carbocycles.